The second-order valence-electron chi connectivity index (χ2n) is 4.65. The molecule has 106 valence electrons. The van der Waals surface area contributed by atoms with Crippen molar-refractivity contribution in [2.45, 2.75) is 13.5 Å². The minimum absolute atomic E-state index is 0.191. The summed E-state index contributed by atoms with van der Waals surface area (Å²) in [5.41, 5.74) is 2.48. The molecule has 0 radical (unpaired) electrons. The normalized spacial score (nSPS) is 10.6. The summed E-state index contributed by atoms with van der Waals surface area (Å²) in [5.74, 6) is 0.484. The first-order chi connectivity index (χ1) is 10.2. The maximum absolute atomic E-state index is 13.3. The van der Waals surface area contributed by atoms with Crippen LogP contribution in [0.5, 0.6) is 0 Å². The molecule has 0 aliphatic heterocycles. The van der Waals surface area contributed by atoms with Crippen LogP contribution >= 0.6 is 0 Å². The van der Waals surface area contributed by atoms with Crippen molar-refractivity contribution in [3.63, 3.8) is 0 Å². The minimum Gasteiger partial charge on any atom is -0.378 e. The molecule has 0 spiro atoms. The number of aromatic nitrogens is 4. The predicted molar refractivity (Wildman–Crippen MR) is 77.6 cm³/mol. The van der Waals surface area contributed by atoms with E-state index in [4.69, 9.17) is 0 Å². The second kappa shape index (κ2) is 5.70. The van der Waals surface area contributed by atoms with E-state index in [0.29, 0.717) is 17.9 Å². The van der Waals surface area contributed by atoms with Gasteiger partial charge in [-0.15, -0.1) is 0 Å². The van der Waals surface area contributed by atoms with Gasteiger partial charge in [0.05, 0.1) is 5.69 Å². The van der Waals surface area contributed by atoms with Crippen LogP contribution in [0, 0.1) is 12.7 Å². The summed E-state index contributed by atoms with van der Waals surface area (Å²) in [6, 6.07) is 8.83. The maximum atomic E-state index is 13.3. The van der Waals surface area contributed by atoms with Gasteiger partial charge in [-0.3, -0.25) is 0 Å². The fourth-order valence-electron chi connectivity index (χ4n) is 2.05. The fraction of sp³-hybridized carbons (Fsp3) is 0.133. The van der Waals surface area contributed by atoms with Crippen molar-refractivity contribution in [3.05, 3.63) is 66.1 Å². The van der Waals surface area contributed by atoms with E-state index >= 15 is 0 Å². The summed E-state index contributed by atoms with van der Waals surface area (Å²) in [4.78, 5) is 8.22. The summed E-state index contributed by atoms with van der Waals surface area (Å²) in [5, 5.41) is 7.37. The molecule has 0 aliphatic rings. The van der Waals surface area contributed by atoms with Gasteiger partial charge in [0.2, 0.25) is 0 Å². The van der Waals surface area contributed by atoms with Crippen molar-refractivity contribution in [1.29, 1.82) is 0 Å². The van der Waals surface area contributed by atoms with E-state index in [-0.39, 0.29) is 5.82 Å². The Morgan fingerprint density at radius 2 is 2.19 bits per heavy atom. The zero-order valence-corrected chi connectivity index (χ0v) is 11.5. The van der Waals surface area contributed by atoms with Crippen LogP contribution in [0.15, 0.2) is 49.2 Å². The number of benzene rings is 1. The van der Waals surface area contributed by atoms with Crippen LogP contribution in [-0.4, -0.2) is 19.7 Å². The summed E-state index contributed by atoms with van der Waals surface area (Å²) < 4.78 is 14.9. The number of pyridine rings is 1. The fourth-order valence-corrected chi connectivity index (χ4v) is 2.05. The molecule has 21 heavy (non-hydrogen) atoms. The molecule has 3 aromatic rings. The molecule has 0 saturated carbocycles. The standard InChI is InChI=1S/C15H14FN5/c1-11-7-12(4-5-13(11)16)8-19-14-3-2-6-18-15(14)21-10-17-9-20-21/h2-7,9-10,19H,8H2,1H3. The molecular formula is C15H14FN5. The van der Waals surface area contributed by atoms with Crippen LogP contribution in [0.1, 0.15) is 11.1 Å². The molecule has 0 bridgehead atoms. The van der Waals surface area contributed by atoms with E-state index < -0.39 is 0 Å². The van der Waals surface area contributed by atoms with Crippen LogP contribution in [0.4, 0.5) is 10.1 Å². The first-order valence-electron chi connectivity index (χ1n) is 6.53. The monoisotopic (exact) mass is 283 g/mol. The highest BCUT2D eigenvalue weighted by Gasteiger charge is 2.06. The van der Waals surface area contributed by atoms with Crippen molar-refractivity contribution in [3.8, 4) is 5.82 Å². The summed E-state index contributed by atoms with van der Waals surface area (Å²) >= 11 is 0. The van der Waals surface area contributed by atoms with Gasteiger partial charge in [-0.1, -0.05) is 12.1 Å². The lowest BCUT2D eigenvalue weighted by molar-refractivity contribution is 0.617. The summed E-state index contributed by atoms with van der Waals surface area (Å²) in [7, 11) is 0. The predicted octanol–water partition coefficient (Wildman–Crippen LogP) is 2.72. The van der Waals surface area contributed by atoms with Crippen molar-refractivity contribution >= 4 is 5.69 Å². The van der Waals surface area contributed by atoms with E-state index in [9.17, 15) is 4.39 Å². The van der Waals surface area contributed by atoms with Gasteiger partial charge in [-0.05, 0) is 36.2 Å². The second-order valence-corrected chi connectivity index (χ2v) is 4.65. The smallest absolute Gasteiger partial charge is 0.178 e. The molecule has 0 aliphatic carbocycles. The molecule has 1 N–H and O–H groups in total. The Labute approximate surface area is 121 Å². The first-order valence-corrected chi connectivity index (χ1v) is 6.53. The maximum Gasteiger partial charge on any atom is 0.178 e. The third-order valence-corrected chi connectivity index (χ3v) is 3.13. The Kier molecular flexibility index (Phi) is 3.59. The minimum atomic E-state index is -0.191. The number of anilines is 1. The van der Waals surface area contributed by atoms with Gasteiger partial charge < -0.3 is 5.32 Å². The van der Waals surface area contributed by atoms with Gasteiger partial charge in [0.1, 0.15) is 18.5 Å². The number of halogens is 1. The van der Waals surface area contributed by atoms with Crippen molar-refractivity contribution in [2.24, 2.45) is 0 Å². The van der Waals surface area contributed by atoms with Crippen LogP contribution in [0.3, 0.4) is 0 Å². The van der Waals surface area contributed by atoms with Crippen LogP contribution in [0.25, 0.3) is 5.82 Å². The van der Waals surface area contributed by atoms with Crippen molar-refractivity contribution in [1.82, 2.24) is 19.7 Å². The topological polar surface area (TPSA) is 55.6 Å². The van der Waals surface area contributed by atoms with Crippen molar-refractivity contribution < 1.29 is 4.39 Å². The Morgan fingerprint density at radius 3 is 2.95 bits per heavy atom. The molecule has 5 nitrogen and oxygen atoms in total. The number of nitrogens with zero attached hydrogens (tertiary/aromatic N) is 4. The quantitative estimate of drug-likeness (QED) is 0.800. The molecule has 0 fully saturated rings. The van der Waals surface area contributed by atoms with Gasteiger partial charge >= 0.3 is 0 Å². The number of hydrogen-bond donors (Lipinski definition) is 1. The summed E-state index contributed by atoms with van der Waals surface area (Å²) in [6.45, 7) is 2.33. The largest absolute Gasteiger partial charge is 0.378 e. The lowest BCUT2D eigenvalue weighted by atomic mass is 10.1. The van der Waals surface area contributed by atoms with E-state index in [0.717, 1.165) is 11.3 Å². The Bertz CT molecular complexity index is 740. The average Bonchev–Trinajstić information content (AvgIpc) is 3.03. The molecule has 6 heteroatoms. The number of rotatable bonds is 4. The van der Waals surface area contributed by atoms with Crippen molar-refractivity contribution in [2.75, 3.05) is 5.32 Å². The highest BCUT2D eigenvalue weighted by molar-refractivity contribution is 5.56. The number of aryl methyl sites for hydroxylation is 1. The van der Waals surface area contributed by atoms with Gasteiger partial charge in [-0.2, -0.15) is 5.10 Å². The zero-order chi connectivity index (χ0) is 14.7. The van der Waals surface area contributed by atoms with E-state index in [2.05, 4.69) is 20.4 Å². The van der Waals surface area contributed by atoms with E-state index in [1.165, 1.54) is 12.4 Å². The van der Waals surface area contributed by atoms with Gasteiger partial charge in [-0.25, -0.2) is 19.0 Å². The Morgan fingerprint density at radius 1 is 1.29 bits per heavy atom. The van der Waals surface area contributed by atoms with E-state index in [1.807, 2.05) is 18.2 Å². The van der Waals surface area contributed by atoms with Crippen LogP contribution in [-0.2, 0) is 6.54 Å². The highest BCUT2D eigenvalue weighted by atomic mass is 19.1. The lowest BCUT2D eigenvalue weighted by Gasteiger charge is -2.11. The molecule has 0 amide bonds. The van der Waals surface area contributed by atoms with Crippen LogP contribution in [0.2, 0.25) is 0 Å². The Balaban J connectivity index is 1.81. The third-order valence-electron chi connectivity index (χ3n) is 3.13. The average molecular weight is 283 g/mol. The molecule has 1 aromatic carbocycles. The van der Waals surface area contributed by atoms with E-state index in [1.54, 1.807) is 30.2 Å². The lowest BCUT2D eigenvalue weighted by Crippen LogP contribution is -2.06. The van der Waals surface area contributed by atoms with Crippen LogP contribution < -0.4 is 5.32 Å². The zero-order valence-electron chi connectivity index (χ0n) is 11.5. The molecule has 2 heterocycles. The first kappa shape index (κ1) is 13.2. The Hall–Kier alpha value is -2.76. The summed E-state index contributed by atoms with van der Waals surface area (Å²) in [6.07, 6.45) is 4.75. The van der Waals surface area contributed by atoms with Gasteiger partial charge in [0, 0.05) is 12.7 Å². The SMILES string of the molecule is Cc1cc(CNc2cccnc2-n2cncn2)ccc1F. The number of hydrogen-bond acceptors (Lipinski definition) is 4. The molecule has 0 unspecified atom stereocenters. The molecule has 2 aromatic heterocycles. The number of nitrogens with one attached hydrogen (secondary N) is 1. The van der Waals surface area contributed by atoms with Gasteiger partial charge in [0.25, 0.3) is 0 Å². The molecule has 0 atom stereocenters. The highest BCUT2D eigenvalue weighted by Crippen LogP contribution is 2.17. The third kappa shape index (κ3) is 2.89. The molecule has 0 saturated heterocycles. The molecule has 3 rings (SSSR count). The molecular weight excluding hydrogens is 269 g/mol. The van der Waals surface area contributed by atoms with Gasteiger partial charge in [0.15, 0.2) is 5.82 Å².